The van der Waals surface area contributed by atoms with Crippen molar-refractivity contribution in [2.75, 3.05) is 0 Å². The first-order valence-corrected chi connectivity index (χ1v) is 16.7. The molecule has 0 fully saturated rings. The van der Waals surface area contributed by atoms with Gasteiger partial charge in [-0.05, 0) is 67.1 Å². The summed E-state index contributed by atoms with van der Waals surface area (Å²) in [6.45, 7) is 10.5. The minimum atomic E-state index is -0.721. The molecular weight excluding hydrogens is 660 g/mol. The van der Waals surface area contributed by atoms with Crippen LogP contribution in [0.4, 0.5) is 22.7 Å². The van der Waals surface area contributed by atoms with Crippen molar-refractivity contribution >= 4 is 50.6 Å². The van der Waals surface area contributed by atoms with Crippen molar-refractivity contribution in [3.8, 4) is 45.6 Å². The molecule has 6 N–H and O–H groups in total. The second-order valence-corrected chi connectivity index (χ2v) is 13.2. The number of fused-ring (bicyclic) bond motifs is 2. The maximum atomic E-state index is 12.6. The van der Waals surface area contributed by atoms with Gasteiger partial charge < -0.3 is 30.6 Å². The number of aromatic hydroxyl groups is 6. The van der Waals surface area contributed by atoms with Gasteiger partial charge in [0.05, 0.1) is 28.3 Å². The molecule has 0 bridgehead atoms. The van der Waals surface area contributed by atoms with Crippen LogP contribution in [0.3, 0.4) is 0 Å². The van der Waals surface area contributed by atoms with Gasteiger partial charge in [0.15, 0.2) is 29.3 Å². The van der Waals surface area contributed by atoms with Gasteiger partial charge in [0.1, 0.15) is 11.5 Å². The lowest BCUT2D eigenvalue weighted by atomic mass is 9.82. The van der Waals surface area contributed by atoms with E-state index in [1.165, 1.54) is 6.07 Å². The monoisotopic (exact) mass is 698 g/mol. The van der Waals surface area contributed by atoms with Gasteiger partial charge >= 0.3 is 0 Å². The van der Waals surface area contributed by atoms with E-state index < -0.39 is 34.5 Å². The average Bonchev–Trinajstić information content (AvgIpc) is 3.12. The van der Waals surface area contributed by atoms with Gasteiger partial charge in [-0.25, -0.2) is 0 Å². The normalized spacial score (nSPS) is 12.0. The first kappa shape index (κ1) is 35.3. The van der Waals surface area contributed by atoms with Crippen molar-refractivity contribution in [1.29, 1.82) is 0 Å². The summed E-state index contributed by atoms with van der Waals surface area (Å²) < 4.78 is 0. The van der Waals surface area contributed by atoms with E-state index in [1.54, 1.807) is 76.2 Å². The summed E-state index contributed by atoms with van der Waals surface area (Å²) in [4.78, 5) is 12.6. The molecular formula is C41H38N4O7. The third-order valence-corrected chi connectivity index (χ3v) is 9.31. The molecule has 0 amide bonds. The number of benzene rings is 6. The van der Waals surface area contributed by atoms with Gasteiger partial charge in [-0.1, -0.05) is 64.1 Å². The van der Waals surface area contributed by atoms with Gasteiger partial charge in [0, 0.05) is 43.8 Å². The Kier molecular flexibility index (Phi) is 9.29. The second-order valence-electron chi connectivity index (χ2n) is 13.2. The standard InChI is InChI=1S/C41H38N4O7/c1-19(2)28-32-25(17-27(47)39(28)50)37(48)30(21(5)35(32)44-42-23-13-9-7-10-14-23)31-22(6)36(45-43-24-15-11-8-12-16-24)34-29(20(3)4)41(52)38(49)26(18-46)33(34)40(31)51/h7-20,47-52H,1-6H3. The zero-order valence-electron chi connectivity index (χ0n) is 29.5. The first-order valence-electron chi connectivity index (χ1n) is 16.7. The van der Waals surface area contributed by atoms with Crippen molar-refractivity contribution in [3.63, 3.8) is 0 Å². The maximum absolute atomic E-state index is 12.6. The average molecular weight is 699 g/mol. The summed E-state index contributed by atoms with van der Waals surface area (Å²) in [6, 6.07) is 19.1. The number of rotatable bonds is 8. The maximum Gasteiger partial charge on any atom is 0.169 e. The third kappa shape index (κ3) is 5.69. The lowest BCUT2D eigenvalue weighted by Gasteiger charge is -2.24. The molecule has 11 heteroatoms. The van der Waals surface area contributed by atoms with E-state index in [1.807, 2.05) is 26.0 Å². The number of phenolic OH excluding ortho intramolecular Hbond substituents is 6. The van der Waals surface area contributed by atoms with Crippen LogP contribution >= 0.6 is 0 Å². The summed E-state index contributed by atoms with van der Waals surface area (Å²) >= 11 is 0. The number of hydrogen-bond acceptors (Lipinski definition) is 11. The first-order chi connectivity index (χ1) is 24.8. The second kappa shape index (κ2) is 13.7. The Balaban J connectivity index is 1.85. The summed E-state index contributed by atoms with van der Waals surface area (Å²) in [5.41, 5.74) is 2.33. The van der Waals surface area contributed by atoms with Gasteiger partial charge in [0.25, 0.3) is 0 Å². The molecule has 0 heterocycles. The minimum Gasteiger partial charge on any atom is -0.507 e. The van der Waals surface area contributed by atoms with Crippen molar-refractivity contribution in [3.05, 3.63) is 94.5 Å². The fourth-order valence-electron chi connectivity index (χ4n) is 6.91. The Labute approximate surface area is 299 Å². The van der Waals surface area contributed by atoms with E-state index in [-0.39, 0.29) is 61.6 Å². The molecule has 6 rings (SSSR count). The van der Waals surface area contributed by atoms with Crippen LogP contribution in [0.5, 0.6) is 34.5 Å². The van der Waals surface area contributed by atoms with E-state index in [2.05, 4.69) is 20.5 Å². The molecule has 0 unspecified atom stereocenters. The highest BCUT2D eigenvalue weighted by Gasteiger charge is 2.32. The largest absolute Gasteiger partial charge is 0.507 e. The van der Waals surface area contributed by atoms with Gasteiger partial charge in [0.2, 0.25) is 0 Å². The smallest absolute Gasteiger partial charge is 0.169 e. The van der Waals surface area contributed by atoms with Crippen LogP contribution in [0.15, 0.2) is 87.2 Å². The van der Waals surface area contributed by atoms with Crippen molar-refractivity contribution in [2.24, 2.45) is 20.5 Å². The van der Waals surface area contributed by atoms with E-state index in [0.29, 0.717) is 39.7 Å². The highest BCUT2D eigenvalue weighted by atomic mass is 16.3. The molecule has 6 aromatic carbocycles. The molecule has 0 aliphatic rings. The number of nitrogens with zero attached hydrogens (tertiary/aromatic N) is 4. The van der Waals surface area contributed by atoms with E-state index >= 15 is 0 Å². The Morgan fingerprint density at radius 2 is 1.00 bits per heavy atom. The number of azo groups is 2. The topological polar surface area (TPSA) is 188 Å². The molecule has 0 aliphatic carbocycles. The zero-order valence-corrected chi connectivity index (χ0v) is 29.5. The molecule has 0 saturated heterocycles. The summed E-state index contributed by atoms with van der Waals surface area (Å²) in [5.74, 6) is -3.72. The molecule has 52 heavy (non-hydrogen) atoms. The quantitative estimate of drug-likeness (QED) is 0.0518. The highest BCUT2D eigenvalue weighted by molar-refractivity contribution is 6.17. The SMILES string of the molecule is Cc1c(-c2c(C)c(N=Nc3ccccc3)c3c(C(C)C)c(O)c(O)c(C=O)c3c2O)c(O)c2cc(O)c(O)c(C(C)C)c2c1N=Nc1ccccc1. The Morgan fingerprint density at radius 3 is 1.48 bits per heavy atom. The molecule has 264 valence electrons. The summed E-state index contributed by atoms with van der Waals surface area (Å²) in [6.07, 6.45) is 0.334. The van der Waals surface area contributed by atoms with Crippen LogP contribution in [0, 0.1) is 13.8 Å². The number of carbonyl (C=O) groups excluding carboxylic acids is 1. The Bertz CT molecular complexity index is 2460. The van der Waals surface area contributed by atoms with Crippen molar-refractivity contribution in [2.45, 2.75) is 53.4 Å². The van der Waals surface area contributed by atoms with Crippen LogP contribution in [-0.4, -0.2) is 36.9 Å². The highest BCUT2D eigenvalue weighted by Crippen LogP contribution is 2.58. The van der Waals surface area contributed by atoms with Crippen molar-refractivity contribution in [1.82, 2.24) is 0 Å². The molecule has 0 spiro atoms. The fraction of sp³-hybridized carbons (Fsp3) is 0.195. The summed E-state index contributed by atoms with van der Waals surface area (Å²) in [7, 11) is 0. The van der Waals surface area contributed by atoms with Crippen LogP contribution in [-0.2, 0) is 0 Å². The van der Waals surface area contributed by atoms with Gasteiger partial charge in [-0.2, -0.15) is 10.2 Å². The lowest BCUT2D eigenvalue weighted by molar-refractivity contribution is 0.112. The van der Waals surface area contributed by atoms with Crippen LogP contribution in [0.25, 0.3) is 32.7 Å². The van der Waals surface area contributed by atoms with E-state index in [0.717, 1.165) is 0 Å². The zero-order chi connectivity index (χ0) is 37.6. The molecule has 0 radical (unpaired) electrons. The Morgan fingerprint density at radius 1 is 0.538 bits per heavy atom. The number of aldehydes is 1. The van der Waals surface area contributed by atoms with Crippen LogP contribution in [0.1, 0.15) is 72.1 Å². The predicted octanol–water partition coefficient (Wildman–Crippen LogP) is 11.4. The number of phenols is 6. The predicted molar refractivity (Wildman–Crippen MR) is 201 cm³/mol. The van der Waals surface area contributed by atoms with E-state index in [9.17, 15) is 35.4 Å². The van der Waals surface area contributed by atoms with Crippen LogP contribution in [0.2, 0.25) is 0 Å². The molecule has 0 aromatic heterocycles. The molecule has 6 aromatic rings. The fourth-order valence-corrected chi connectivity index (χ4v) is 6.91. The van der Waals surface area contributed by atoms with E-state index in [4.69, 9.17) is 0 Å². The summed E-state index contributed by atoms with van der Waals surface area (Å²) in [5, 5.41) is 87.5. The van der Waals surface area contributed by atoms with Crippen LogP contribution < -0.4 is 0 Å². The third-order valence-electron chi connectivity index (χ3n) is 9.31. The number of carbonyl (C=O) groups is 1. The molecule has 11 nitrogen and oxygen atoms in total. The Hall–Kier alpha value is -6.49. The molecule has 0 aliphatic heterocycles. The minimum absolute atomic E-state index is 0.0316. The lowest BCUT2D eigenvalue weighted by Crippen LogP contribution is -2.01. The van der Waals surface area contributed by atoms with Crippen molar-refractivity contribution < 1.29 is 35.4 Å². The number of hydrogen-bond donors (Lipinski definition) is 6. The van der Waals surface area contributed by atoms with Gasteiger partial charge in [-0.15, -0.1) is 10.2 Å². The molecule has 0 atom stereocenters. The van der Waals surface area contributed by atoms with Gasteiger partial charge in [-0.3, -0.25) is 4.79 Å². The molecule has 0 saturated carbocycles.